The second kappa shape index (κ2) is 9.87. The Morgan fingerprint density at radius 3 is 2.56 bits per heavy atom. The molecule has 184 valence electrons. The van der Waals surface area contributed by atoms with Crippen LogP contribution in [0.3, 0.4) is 0 Å². The standard InChI is InChI=1S/C26H24F2N6O2/c1-4-26(2,3)22-15-24(34(33-22)17-7-5-6-16(27)12-17)32-25(35)31-21-9-8-18(13-20(21)28)36-19-10-11-30-23(29)14-19/h4-15H,1H2,2-3H3,(H2,29,30)(H2,31,32,35). The van der Waals surface area contributed by atoms with Crippen LogP contribution in [0.15, 0.2) is 79.5 Å². The molecule has 2 amide bonds. The van der Waals surface area contributed by atoms with Gasteiger partial charge in [-0.25, -0.2) is 23.2 Å². The summed E-state index contributed by atoms with van der Waals surface area (Å²) >= 11 is 0. The number of amides is 2. The van der Waals surface area contributed by atoms with E-state index in [1.54, 1.807) is 24.3 Å². The molecule has 2 aromatic heterocycles. The Balaban J connectivity index is 1.54. The number of carbonyl (C=O) groups is 1. The molecule has 4 N–H and O–H groups in total. The van der Waals surface area contributed by atoms with Crippen molar-refractivity contribution in [3.05, 3.63) is 96.8 Å². The second-order valence-electron chi connectivity index (χ2n) is 8.47. The first-order valence-corrected chi connectivity index (χ1v) is 10.9. The first-order valence-electron chi connectivity index (χ1n) is 10.9. The van der Waals surface area contributed by atoms with Crippen LogP contribution in [0.4, 0.5) is 30.9 Å². The van der Waals surface area contributed by atoms with Gasteiger partial charge in [-0.15, -0.1) is 6.58 Å². The highest BCUT2D eigenvalue weighted by atomic mass is 19.1. The number of ether oxygens (including phenoxy) is 1. The molecule has 0 fully saturated rings. The number of nitrogens with two attached hydrogens (primary N) is 1. The zero-order valence-electron chi connectivity index (χ0n) is 19.6. The van der Waals surface area contributed by atoms with E-state index >= 15 is 0 Å². The minimum absolute atomic E-state index is 0.0717. The zero-order chi connectivity index (χ0) is 25.9. The summed E-state index contributed by atoms with van der Waals surface area (Å²) in [5.74, 6) is -0.0361. The lowest BCUT2D eigenvalue weighted by molar-refractivity contribution is 0.262. The quantitative estimate of drug-likeness (QED) is 0.274. The summed E-state index contributed by atoms with van der Waals surface area (Å²) in [4.78, 5) is 16.6. The number of halogens is 2. The van der Waals surface area contributed by atoms with Gasteiger partial charge in [-0.05, 0) is 36.4 Å². The average Bonchev–Trinajstić information content (AvgIpc) is 3.25. The maximum Gasteiger partial charge on any atom is 0.324 e. The van der Waals surface area contributed by atoms with Gasteiger partial charge in [0.25, 0.3) is 0 Å². The van der Waals surface area contributed by atoms with Gasteiger partial charge in [0.2, 0.25) is 0 Å². The van der Waals surface area contributed by atoms with Gasteiger partial charge in [-0.2, -0.15) is 5.10 Å². The predicted octanol–water partition coefficient (Wildman–Crippen LogP) is 6.03. The fourth-order valence-corrected chi connectivity index (χ4v) is 3.25. The number of urea groups is 1. The van der Waals surface area contributed by atoms with Gasteiger partial charge >= 0.3 is 6.03 Å². The highest BCUT2D eigenvalue weighted by molar-refractivity contribution is 5.99. The van der Waals surface area contributed by atoms with Crippen molar-refractivity contribution in [1.82, 2.24) is 14.8 Å². The van der Waals surface area contributed by atoms with E-state index in [9.17, 15) is 13.6 Å². The normalized spacial score (nSPS) is 11.1. The average molecular weight is 491 g/mol. The highest BCUT2D eigenvalue weighted by Crippen LogP contribution is 2.29. The summed E-state index contributed by atoms with van der Waals surface area (Å²) in [6.07, 6.45) is 3.19. The summed E-state index contributed by atoms with van der Waals surface area (Å²) < 4.78 is 35.5. The van der Waals surface area contributed by atoms with E-state index in [1.807, 2.05) is 13.8 Å². The molecule has 36 heavy (non-hydrogen) atoms. The van der Waals surface area contributed by atoms with Crippen molar-refractivity contribution in [3.8, 4) is 17.2 Å². The van der Waals surface area contributed by atoms with Crippen molar-refractivity contribution in [1.29, 1.82) is 0 Å². The summed E-state index contributed by atoms with van der Waals surface area (Å²) in [6, 6.07) is 13.8. The number of nitrogens with one attached hydrogen (secondary N) is 2. The van der Waals surface area contributed by atoms with Gasteiger partial charge in [0.05, 0.1) is 17.1 Å². The molecule has 8 nitrogen and oxygen atoms in total. The highest BCUT2D eigenvalue weighted by Gasteiger charge is 2.23. The fourth-order valence-electron chi connectivity index (χ4n) is 3.25. The number of carbonyl (C=O) groups excluding carboxylic acids is 1. The Morgan fingerprint density at radius 1 is 1.08 bits per heavy atom. The lowest BCUT2D eigenvalue weighted by Gasteiger charge is -2.15. The molecule has 0 radical (unpaired) electrons. The number of nitrogen functional groups attached to an aromatic ring is 1. The Bertz CT molecular complexity index is 1430. The Hall–Kier alpha value is -4.73. The number of nitrogens with zero attached hydrogens (tertiary/aromatic N) is 3. The number of pyridine rings is 1. The third kappa shape index (κ3) is 5.49. The lowest BCUT2D eigenvalue weighted by Crippen LogP contribution is -2.22. The maximum atomic E-state index is 14.7. The molecule has 0 aliphatic carbocycles. The van der Waals surface area contributed by atoms with Crippen molar-refractivity contribution in [2.24, 2.45) is 0 Å². The van der Waals surface area contributed by atoms with Crippen LogP contribution in [0.2, 0.25) is 0 Å². The second-order valence-corrected chi connectivity index (χ2v) is 8.47. The molecule has 0 saturated carbocycles. The number of rotatable bonds is 7. The Labute approximate surface area is 206 Å². The monoisotopic (exact) mass is 490 g/mol. The van der Waals surface area contributed by atoms with E-state index in [-0.39, 0.29) is 23.1 Å². The maximum absolute atomic E-state index is 14.7. The molecule has 0 bridgehead atoms. The van der Waals surface area contributed by atoms with Gasteiger partial charge in [0.1, 0.15) is 34.8 Å². The Kier molecular flexibility index (Phi) is 6.69. The van der Waals surface area contributed by atoms with Crippen molar-refractivity contribution >= 4 is 23.4 Å². The molecule has 2 heterocycles. The largest absolute Gasteiger partial charge is 0.457 e. The van der Waals surface area contributed by atoms with Crippen LogP contribution >= 0.6 is 0 Å². The molecule has 0 atom stereocenters. The molecule has 4 rings (SSSR count). The van der Waals surface area contributed by atoms with E-state index in [0.29, 0.717) is 17.1 Å². The van der Waals surface area contributed by atoms with Crippen LogP contribution in [0.1, 0.15) is 19.5 Å². The van der Waals surface area contributed by atoms with E-state index in [1.165, 1.54) is 47.3 Å². The molecule has 2 aromatic carbocycles. The molecular formula is C26H24F2N6O2. The summed E-state index contributed by atoms with van der Waals surface area (Å²) in [5, 5.41) is 9.65. The van der Waals surface area contributed by atoms with Crippen molar-refractivity contribution in [2.75, 3.05) is 16.4 Å². The molecule has 0 saturated heterocycles. The molecular weight excluding hydrogens is 466 g/mol. The van der Waals surface area contributed by atoms with Crippen molar-refractivity contribution < 1.29 is 18.3 Å². The van der Waals surface area contributed by atoms with Crippen LogP contribution in [0, 0.1) is 11.6 Å². The number of anilines is 3. The number of aromatic nitrogens is 3. The number of hydrogen-bond donors (Lipinski definition) is 3. The summed E-state index contributed by atoms with van der Waals surface area (Å²) in [5.41, 5.74) is 6.03. The first-order chi connectivity index (χ1) is 17.1. The molecule has 0 aliphatic heterocycles. The van der Waals surface area contributed by atoms with Gasteiger partial charge in [-0.3, -0.25) is 5.32 Å². The van der Waals surface area contributed by atoms with Crippen LogP contribution in [-0.2, 0) is 5.41 Å². The fraction of sp³-hybridized carbons (Fsp3) is 0.115. The molecule has 10 heteroatoms. The van der Waals surface area contributed by atoms with Gasteiger partial charge in [0, 0.05) is 29.8 Å². The number of hydrogen-bond acceptors (Lipinski definition) is 5. The molecule has 4 aromatic rings. The topological polar surface area (TPSA) is 107 Å². The minimum Gasteiger partial charge on any atom is -0.457 e. The van der Waals surface area contributed by atoms with Crippen LogP contribution < -0.4 is 21.1 Å². The zero-order valence-corrected chi connectivity index (χ0v) is 19.6. The minimum atomic E-state index is -0.718. The third-order valence-corrected chi connectivity index (χ3v) is 5.35. The van der Waals surface area contributed by atoms with Crippen LogP contribution in [-0.4, -0.2) is 20.8 Å². The van der Waals surface area contributed by atoms with E-state index in [4.69, 9.17) is 10.5 Å². The van der Waals surface area contributed by atoms with E-state index in [0.717, 1.165) is 6.07 Å². The third-order valence-electron chi connectivity index (χ3n) is 5.35. The van der Waals surface area contributed by atoms with Crippen molar-refractivity contribution in [3.63, 3.8) is 0 Å². The summed E-state index contributed by atoms with van der Waals surface area (Å²) in [7, 11) is 0. The molecule has 0 aliphatic rings. The molecule has 0 unspecified atom stereocenters. The van der Waals surface area contributed by atoms with Crippen LogP contribution in [0.5, 0.6) is 11.5 Å². The van der Waals surface area contributed by atoms with E-state index in [2.05, 4.69) is 27.3 Å². The molecule has 0 spiro atoms. The SMILES string of the molecule is C=CC(C)(C)c1cc(NC(=O)Nc2ccc(Oc3ccnc(N)c3)cc2F)n(-c2cccc(F)c2)n1. The van der Waals surface area contributed by atoms with Gasteiger partial charge < -0.3 is 15.8 Å². The predicted molar refractivity (Wildman–Crippen MR) is 135 cm³/mol. The number of allylic oxidation sites excluding steroid dienone is 1. The van der Waals surface area contributed by atoms with Crippen LogP contribution in [0.25, 0.3) is 5.69 Å². The Morgan fingerprint density at radius 2 is 1.86 bits per heavy atom. The lowest BCUT2D eigenvalue weighted by atomic mass is 9.90. The smallest absolute Gasteiger partial charge is 0.324 e. The summed E-state index contributed by atoms with van der Waals surface area (Å²) in [6.45, 7) is 7.64. The van der Waals surface area contributed by atoms with Gasteiger partial charge in [0.15, 0.2) is 0 Å². The van der Waals surface area contributed by atoms with Gasteiger partial charge in [-0.1, -0.05) is 26.0 Å². The van der Waals surface area contributed by atoms with E-state index < -0.39 is 23.1 Å². The number of benzene rings is 2. The van der Waals surface area contributed by atoms with Crippen molar-refractivity contribution in [2.45, 2.75) is 19.3 Å². The first kappa shape index (κ1) is 24.4.